The van der Waals surface area contributed by atoms with Gasteiger partial charge in [0.05, 0.1) is 6.20 Å². The van der Waals surface area contributed by atoms with Crippen molar-refractivity contribution in [3.63, 3.8) is 0 Å². The summed E-state index contributed by atoms with van der Waals surface area (Å²) in [6.07, 6.45) is 3.12. The second-order valence-electron chi connectivity index (χ2n) is 3.79. The Hall–Kier alpha value is -2.17. The molecule has 1 N–H and O–H groups in total. The van der Waals surface area contributed by atoms with Gasteiger partial charge >= 0.3 is 0 Å². The van der Waals surface area contributed by atoms with Crippen LogP contribution in [0.4, 0.5) is 5.82 Å². The summed E-state index contributed by atoms with van der Waals surface area (Å²) in [5, 5.41) is 9.83. The second kappa shape index (κ2) is 5.44. The zero-order valence-electron chi connectivity index (χ0n) is 10.5. The van der Waals surface area contributed by atoms with Gasteiger partial charge in [0, 0.05) is 19.3 Å². The zero-order chi connectivity index (χ0) is 13.0. The fourth-order valence-electron chi connectivity index (χ4n) is 1.74. The fourth-order valence-corrected chi connectivity index (χ4v) is 1.74. The van der Waals surface area contributed by atoms with Crippen molar-refractivity contribution in [3.8, 4) is 17.3 Å². The summed E-state index contributed by atoms with van der Waals surface area (Å²) in [4.78, 5) is 14.7. The summed E-state index contributed by atoms with van der Waals surface area (Å²) in [7, 11) is 0. The van der Waals surface area contributed by atoms with E-state index in [0.717, 1.165) is 13.1 Å². The molecule has 2 heterocycles. The molecule has 0 saturated heterocycles. The first-order valence-corrected chi connectivity index (χ1v) is 5.98. The maximum Gasteiger partial charge on any atom is 0.180 e. The van der Waals surface area contributed by atoms with E-state index in [1.165, 1.54) is 6.20 Å². The topological polar surface area (TPSA) is 62.1 Å². The van der Waals surface area contributed by atoms with Crippen LogP contribution in [0.25, 0.3) is 11.5 Å². The first-order chi connectivity index (χ1) is 8.76. The number of hydrogen-bond donors (Lipinski definition) is 1. The maximum atomic E-state index is 9.83. The minimum Gasteiger partial charge on any atom is -0.503 e. The summed E-state index contributed by atoms with van der Waals surface area (Å²) in [6, 6.07) is 5.57. The van der Waals surface area contributed by atoms with Crippen molar-refractivity contribution in [2.75, 3.05) is 18.0 Å². The van der Waals surface area contributed by atoms with E-state index in [2.05, 4.69) is 15.0 Å². The lowest BCUT2D eigenvalue weighted by atomic mass is 10.3. The highest BCUT2D eigenvalue weighted by atomic mass is 16.3. The molecule has 94 valence electrons. The van der Waals surface area contributed by atoms with Crippen molar-refractivity contribution in [2.24, 2.45) is 0 Å². The summed E-state index contributed by atoms with van der Waals surface area (Å²) in [5.74, 6) is 1.17. The van der Waals surface area contributed by atoms with Crippen molar-refractivity contribution in [1.82, 2.24) is 15.0 Å². The molecule has 0 fully saturated rings. The van der Waals surface area contributed by atoms with E-state index in [-0.39, 0.29) is 5.75 Å². The molecule has 0 aliphatic carbocycles. The van der Waals surface area contributed by atoms with E-state index in [1.807, 2.05) is 36.9 Å². The Balaban J connectivity index is 2.44. The number of pyridine rings is 1. The van der Waals surface area contributed by atoms with Gasteiger partial charge in [0.2, 0.25) is 0 Å². The van der Waals surface area contributed by atoms with Gasteiger partial charge in [-0.2, -0.15) is 0 Å². The molecule has 0 atom stereocenters. The number of rotatable bonds is 4. The van der Waals surface area contributed by atoms with Crippen LogP contribution in [-0.2, 0) is 0 Å². The fraction of sp³-hybridized carbons (Fsp3) is 0.308. The molecule has 5 nitrogen and oxygen atoms in total. The summed E-state index contributed by atoms with van der Waals surface area (Å²) in [6.45, 7) is 5.60. The summed E-state index contributed by atoms with van der Waals surface area (Å²) in [5.41, 5.74) is 0.700. The van der Waals surface area contributed by atoms with Crippen molar-refractivity contribution < 1.29 is 5.11 Å². The first kappa shape index (κ1) is 12.3. The highest BCUT2D eigenvalue weighted by molar-refractivity contribution is 5.57. The van der Waals surface area contributed by atoms with E-state index >= 15 is 0 Å². The molecule has 0 radical (unpaired) electrons. The zero-order valence-corrected chi connectivity index (χ0v) is 10.5. The standard InChI is InChI=1S/C13H16N4O/c1-3-17(4-2)13-11(18)9-15-12(16-13)10-7-5-6-8-14-10/h5-9,18H,3-4H2,1-2H3. The first-order valence-electron chi connectivity index (χ1n) is 5.98. The van der Waals surface area contributed by atoms with Crippen LogP contribution >= 0.6 is 0 Å². The number of hydrogen-bond acceptors (Lipinski definition) is 5. The van der Waals surface area contributed by atoms with E-state index in [0.29, 0.717) is 17.3 Å². The van der Waals surface area contributed by atoms with Crippen molar-refractivity contribution in [2.45, 2.75) is 13.8 Å². The average molecular weight is 244 g/mol. The van der Waals surface area contributed by atoms with Gasteiger partial charge in [-0.1, -0.05) is 6.07 Å². The minimum absolute atomic E-state index is 0.0957. The Bertz CT molecular complexity index is 512. The molecule has 0 spiro atoms. The molecule has 0 aliphatic rings. The molecule has 2 aromatic heterocycles. The molecule has 2 rings (SSSR count). The Morgan fingerprint density at radius 1 is 1.17 bits per heavy atom. The number of aromatic hydroxyl groups is 1. The monoisotopic (exact) mass is 244 g/mol. The van der Waals surface area contributed by atoms with Gasteiger partial charge in [-0.25, -0.2) is 9.97 Å². The van der Waals surface area contributed by atoms with E-state index in [4.69, 9.17) is 0 Å². The van der Waals surface area contributed by atoms with Gasteiger partial charge < -0.3 is 10.0 Å². The van der Waals surface area contributed by atoms with Crippen LogP contribution in [0.1, 0.15) is 13.8 Å². The summed E-state index contributed by atoms with van der Waals surface area (Å²) >= 11 is 0. The number of aromatic nitrogens is 3. The van der Waals surface area contributed by atoms with Crippen LogP contribution < -0.4 is 4.90 Å². The van der Waals surface area contributed by atoms with Gasteiger partial charge in [-0.15, -0.1) is 0 Å². The third kappa shape index (κ3) is 2.40. The van der Waals surface area contributed by atoms with E-state index in [9.17, 15) is 5.11 Å². The third-order valence-electron chi connectivity index (χ3n) is 2.71. The largest absolute Gasteiger partial charge is 0.503 e. The lowest BCUT2D eigenvalue weighted by molar-refractivity contribution is 0.468. The van der Waals surface area contributed by atoms with Gasteiger partial charge in [0.15, 0.2) is 17.4 Å². The molecule has 0 aliphatic heterocycles. The molecule has 0 aromatic carbocycles. The lowest BCUT2D eigenvalue weighted by Gasteiger charge is -2.20. The van der Waals surface area contributed by atoms with Gasteiger partial charge in [0.1, 0.15) is 5.69 Å². The maximum absolute atomic E-state index is 9.83. The number of anilines is 1. The van der Waals surface area contributed by atoms with Gasteiger partial charge in [-0.3, -0.25) is 4.98 Å². The molecule has 18 heavy (non-hydrogen) atoms. The highest BCUT2D eigenvalue weighted by Crippen LogP contribution is 2.25. The molecule has 0 bridgehead atoms. The third-order valence-corrected chi connectivity index (χ3v) is 2.71. The molecule has 0 saturated carbocycles. The van der Waals surface area contributed by atoms with Crippen LogP contribution in [0.5, 0.6) is 5.75 Å². The molecule has 2 aromatic rings. The Labute approximate surface area is 106 Å². The Kier molecular flexibility index (Phi) is 3.72. The van der Waals surface area contributed by atoms with Crippen LogP contribution in [0.2, 0.25) is 0 Å². The molecular formula is C13H16N4O. The predicted octanol–water partition coefficient (Wildman–Crippen LogP) is 2.09. The van der Waals surface area contributed by atoms with Crippen LogP contribution in [-0.4, -0.2) is 33.1 Å². The lowest BCUT2D eigenvalue weighted by Crippen LogP contribution is -2.23. The smallest absolute Gasteiger partial charge is 0.180 e. The van der Waals surface area contributed by atoms with Gasteiger partial charge in [0.25, 0.3) is 0 Å². The van der Waals surface area contributed by atoms with Crippen LogP contribution in [0, 0.1) is 0 Å². The molecular weight excluding hydrogens is 228 g/mol. The SMILES string of the molecule is CCN(CC)c1nc(-c2ccccn2)ncc1O. The van der Waals surface area contributed by atoms with Crippen molar-refractivity contribution in [3.05, 3.63) is 30.6 Å². The second-order valence-corrected chi connectivity index (χ2v) is 3.79. The number of nitrogens with zero attached hydrogens (tertiary/aromatic N) is 4. The molecule has 5 heteroatoms. The van der Waals surface area contributed by atoms with E-state index in [1.54, 1.807) is 6.20 Å². The predicted molar refractivity (Wildman–Crippen MR) is 70.5 cm³/mol. The molecule has 0 unspecified atom stereocenters. The minimum atomic E-state index is 0.0957. The van der Waals surface area contributed by atoms with Gasteiger partial charge in [-0.05, 0) is 26.0 Å². The normalized spacial score (nSPS) is 10.3. The summed E-state index contributed by atoms with van der Waals surface area (Å²) < 4.78 is 0. The van der Waals surface area contributed by atoms with Crippen LogP contribution in [0.15, 0.2) is 30.6 Å². The Morgan fingerprint density at radius 3 is 2.56 bits per heavy atom. The average Bonchev–Trinajstić information content (AvgIpc) is 2.43. The Morgan fingerprint density at radius 2 is 1.94 bits per heavy atom. The molecule has 0 amide bonds. The van der Waals surface area contributed by atoms with Crippen molar-refractivity contribution in [1.29, 1.82) is 0 Å². The van der Waals surface area contributed by atoms with Crippen LogP contribution in [0.3, 0.4) is 0 Å². The quantitative estimate of drug-likeness (QED) is 0.892. The highest BCUT2D eigenvalue weighted by Gasteiger charge is 2.12. The van der Waals surface area contributed by atoms with Crippen molar-refractivity contribution >= 4 is 5.82 Å². The van der Waals surface area contributed by atoms with E-state index < -0.39 is 0 Å².